The van der Waals surface area contributed by atoms with Crippen LogP contribution in [0.2, 0.25) is 0 Å². The Hall–Kier alpha value is -2.22. The molecule has 0 aromatic carbocycles. The van der Waals surface area contributed by atoms with Crippen LogP contribution in [0.25, 0.3) is 0 Å². The molecule has 22 heavy (non-hydrogen) atoms. The molecule has 0 unspecified atom stereocenters. The van der Waals surface area contributed by atoms with Crippen LogP contribution in [0.3, 0.4) is 0 Å². The molecule has 2 aromatic heterocycles. The lowest BCUT2D eigenvalue weighted by molar-refractivity contribution is 0.758. The Labute approximate surface area is 134 Å². The zero-order chi connectivity index (χ0) is 15.9. The number of hydrogen-bond donors (Lipinski definition) is 2. The highest BCUT2D eigenvalue weighted by Gasteiger charge is 2.05. The maximum atomic E-state index is 4.53. The van der Waals surface area contributed by atoms with E-state index in [1.165, 1.54) is 4.88 Å². The van der Waals surface area contributed by atoms with E-state index in [-0.39, 0.29) is 0 Å². The fourth-order valence-electron chi connectivity index (χ4n) is 1.72. The second-order valence-corrected chi connectivity index (χ2v) is 6.09. The molecule has 0 bridgehead atoms. The molecule has 0 spiro atoms. The normalized spacial score (nSPS) is 11.5. The maximum Gasteiger partial charge on any atom is 0.192 e. The molecule has 8 heteroatoms. The van der Waals surface area contributed by atoms with E-state index < -0.39 is 0 Å². The average Bonchev–Trinajstić information content (AvgIpc) is 3.06. The Morgan fingerprint density at radius 3 is 2.82 bits per heavy atom. The van der Waals surface area contributed by atoms with E-state index in [0.717, 1.165) is 16.7 Å². The van der Waals surface area contributed by atoms with Crippen molar-refractivity contribution >= 4 is 17.3 Å². The standard InChI is InChI=1S/C14H21N7S/c1-5-6-15-14(18-9-13-16-7-10(2)22-13)17-8-12-20-19-11(3)21(12)4/h5,7H,1,6,8-9H2,2-4H3,(H2,15,17,18). The van der Waals surface area contributed by atoms with Crippen molar-refractivity contribution in [3.8, 4) is 0 Å². The number of nitrogens with zero attached hydrogens (tertiary/aromatic N) is 5. The van der Waals surface area contributed by atoms with Crippen molar-refractivity contribution < 1.29 is 0 Å². The summed E-state index contributed by atoms with van der Waals surface area (Å²) in [6, 6.07) is 0. The Bertz CT molecular complexity index is 656. The van der Waals surface area contributed by atoms with Gasteiger partial charge in [-0.3, -0.25) is 0 Å². The Morgan fingerprint density at radius 1 is 1.41 bits per heavy atom. The van der Waals surface area contributed by atoms with Crippen LogP contribution in [0.1, 0.15) is 21.5 Å². The average molecular weight is 319 g/mol. The Balaban J connectivity index is 1.99. The summed E-state index contributed by atoms with van der Waals surface area (Å²) < 4.78 is 1.93. The number of nitrogens with one attached hydrogen (secondary N) is 2. The number of aliphatic imine (C=N–C) groups is 1. The number of aromatic nitrogens is 4. The first-order valence-corrected chi connectivity index (χ1v) is 7.81. The molecule has 0 saturated carbocycles. The third-order valence-electron chi connectivity index (χ3n) is 3.05. The second kappa shape index (κ2) is 7.69. The maximum absolute atomic E-state index is 4.53. The molecule has 0 radical (unpaired) electrons. The molecular weight excluding hydrogens is 298 g/mol. The molecule has 2 heterocycles. The summed E-state index contributed by atoms with van der Waals surface area (Å²) in [4.78, 5) is 10.1. The summed E-state index contributed by atoms with van der Waals surface area (Å²) in [5, 5.41) is 15.6. The van der Waals surface area contributed by atoms with Crippen LogP contribution in [0.15, 0.2) is 23.8 Å². The molecule has 2 N–H and O–H groups in total. The van der Waals surface area contributed by atoms with Gasteiger partial charge in [0.25, 0.3) is 0 Å². The number of guanidine groups is 1. The highest BCUT2D eigenvalue weighted by molar-refractivity contribution is 7.11. The van der Waals surface area contributed by atoms with Gasteiger partial charge in [0.2, 0.25) is 0 Å². The Kier molecular flexibility index (Phi) is 5.65. The van der Waals surface area contributed by atoms with Gasteiger partial charge in [0, 0.05) is 24.7 Å². The highest BCUT2D eigenvalue weighted by atomic mass is 32.1. The fraction of sp³-hybridized carbons (Fsp3) is 0.429. The van der Waals surface area contributed by atoms with Crippen molar-refractivity contribution in [3.63, 3.8) is 0 Å². The monoisotopic (exact) mass is 319 g/mol. The van der Waals surface area contributed by atoms with Crippen LogP contribution in [0.4, 0.5) is 0 Å². The van der Waals surface area contributed by atoms with Gasteiger partial charge in [-0.1, -0.05) is 6.08 Å². The summed E-state index contributed by atoms with van der Waals surface area (Å²) in [7, 11) is 1.93. The molecule has 0 aliphatic carbocycles. The third-order valence-corrected chi connectivity index (χ3v) is 3.96. The lowest BCUT2D eigenvalue weighted by atomic mass is 10.5. The zero-order valence-electron chi connectivity index (χ0n) is 13.1. The fourth-order valence-corrected chi connectivity index (χ4v) is 2.45. The van der Waals surface area contributed by atoms with Gasteiger partial charge in [-0.05, 0) is 13.8 Å². The van der Waals surface area contributed by atoms with Gasteiger partial charge in [0.1, 0.15) is 17.4 Å². The minimum Gasteiger partial charge on any atom is -0.353 e. The molecule has 7 nitrogen and oxygen atoms in total. The van der Waals surface area contributed by atoms with Crippen LogP contribution in [0.5, 0.6) is 0 Å². The van der Waals surface area contributed by atoms with Gasteiger partial charge < -0.3 is 15.2 Å². The largest absolute Gasteiger partial charge is 0.353 e. The van der Waals surface area contributed by atoms with E-state index in [1.54, 1.807) is 17.4 Å². The SMILES string of the molecule is C=CCNC(=NCc1nnc(C)n1C)NCc1ncc(C)s1. The van der Waals surface area contributed by atoms with Crippen molar-refractivity contribution in [2.75, 3.05) is 6.54 Å². The molecule has 0 aliphatic heterocycles. The second-order valence-electron chi connectivity index (χ2n) is 4.78. The molecule has 2 aromatic rings. The summed E-state index contributed by atoms with van der Waals surface area (Å²) >= 11 is 1.67. The van der Waals surface area contributed by atoms with Crippen molar-refractivity contribution in [1.82, 2.24) is 30.4 Å². The van der Waals surface area contributed by atoms with Crippen molar-refractivity contribution in [1.29, 1.82) is 0 Å². The molecule has 0 aliphatic rings. The van der Waals surface area contributed by atoms with Crippen molar-refractivity contribution in [3.05, 3.63) is 40.4 Å². The number of aryl methyl sites for hydroxylation is 2. The first-order chi connectivity index (χ1) is 10.6. The van der Waals surface area contributed by atoms with Crippen LogP contribution in [-0.4, -0.2) is 32.3 Å². The van der Waals surface area contributed by atoms with Gasteiger partial charge >= 0.3 is 0 Å². The van der Waals surface area contributed by atoms with Crippen LogP contribution < -0.4 is 10.6 Å². The van der Waals surface area contributed by atoms with Gasteiger partial charge in [0.05, 0.1) is 6.54 Å². The number of thiazole rings is 1. The smallest absolute Gasteiger partial charge is 0.192 e. The summed E-state index contributed by atoms with van der Waals surface area (Å²) in [6.45, 7) is 9.41. The topological polar surface area (TPSA) is 80.0 Å². The van der Waals surface area contributed by atoms with E-state index in [1.807, 2.05) is 31.7 Å². The predicted octanol–water partition coefficient (Wildman–Crippen LogP) is 1.31. The van der Waals surface area contributed by atoms with Crippen LogP contribution >= 0.6 is 11.3 Å². The quantitative estimate of drug-likeness (QED) is 0.477. The lowest BCUT2D eigenvalue weighted by Gasteiger charge is -2.10. The number of rotatable bonds is 6. The summed E-state index contributed by atoms with van der Waals surface area (Å²) in [5.74, 6) is 2.40. The minimum atomic E-state index is 0.459. The number of hydrogen-bond acceptors (Lipinski definition) is 5. The molecule has 0 atom stereocenters. The molecular formula is C14H21N7S. The van der Waals surface area contributed by atoms with Gasteiger partial charge in [-0.15, -0.1) is 28.1 Å². The molecule has 2 rings (SSSR count). The zero-order valence-corrected chi connectivity index (χ0v) is 13.9. The predicted molar refractivity (Wildman–Crippen MR) is 88.8 cm³/mol. The molecule has 118 valence electrons. The van der Waals surface area contributed by atoms with Crippen LogP contribution in [0, 0.1) is 13.8 Å². The molecule has 0 fully saturated rings. The van der Waals surface area contributed by atoms with E-state index in [4.69, 9.17) is 0 Å². The minimum absolute atomic E-state index is 0.459. The summed E-state index contributed by atoms with van der Waals surface area (Å²) in [5.41, 5.74) is 0. The van der Waals surface area contributed by atoms with E-state index in [0.29, 0.717) is 25.6 Å². The van der Waals surface area contributed by atoms with Crippen molar-refractivity contribution in [2.24, 2.45) is 12.0 Å². The van der Waals surface area contributed by atoms with Gasteiger partial charge in [-0.25, -0.2) is 9.98 Å². The van der Waals surface area contributed by atoms with E-state index in [9.17, 15) is 0 Å². The van der Waals surface area contributed by atoms with Crippen LogP contribution in [-0.2, 0) is 20.1 Å². The van der Waals surface area contributed by atoms with Gasteiger partial charge in [-0.2, -0.15) is 0 Å². The Morgan fingerprint density at radius 2 is 2.23 bits per heavy atom. The van der Waals surface area contributed by atoms with Crippen molar-refractivity contribution in [2.45, 2.75) is 26.9 Å². The molecule has 0 saturated heterocycles. The van der Waals surface area contributed by atoms with Gasteiger partial charge in [0.15, 0.2) is 11.8 Å². The van der Waals surface area contributed by atoms with E-state index >= 15 is 0 Å². The lowest BCUT2D eigenvalue weighted by Crippen LogP contribution is -2.37. The summed E-state index contributed by atoms with van der Waals surface area (Å²) in [6.07, 6.45) is 3.66. The highest BCUT2D eigenvalue weighted by Crippen LogP contribution is 2.10. The molecule has 0 amide bonds. The third kappa shape index (κ3) is 4.39. The first kappa shape index (κ1) is 16.2. The first-order valence-electron chi connectivity index (χ1n) is 6.99. The van der Waals surface area contributed by atoms with E-state index in [2.05, 4.69) is 37.4 Å².